The fourth-order valence-electron chi connectivity index (χ4n) is 4.06. The second kappa shape index (κ2) is 5.96. The van der Waals surface area contributed by atoms with E-state index in [1.54, 1.807) is 0 Å². The molecule has 0 unspecified atom stereocenters. The van der Waals surface area contributed by atoms with Crippen LogP contribution in [0.2, 0.25) is 0 Å². The molecule has 124 valence electrons. The van der Waals surface area contributed by atoms with E-state index in [0.717, 1.165) is 5.56 Å². The van der Waals surface area contributed by atoms with E-state index in [1.165, 1.54) is 0 Å². The fraction of sp³-hybridized carbons (Fsp3) is 0.556. The maximum Gasteiger partial charge on any atom is 0.312 e. The Bertz CT molecular complexity index is 599. The number of carbonyl (C=O) groups is 2. The molecule has 2 fully saturated rings. The minimum Gasteiger partial charge on any atom is -0.481 e. The summed E-state index contributed by atoms with van der Waals surface area (Å²) in [6.07, 6.45) is 1.90. The SMILES string of the molecule is C[C@@]12CCC[C@@](COCc3ccccc3)(C(=O)O)[C@@H]1COC2=O. The van der Waals surface area contributed by atoms with E-state index < -0.39 is 16.8 Å². The molecule has 0 aromatic heterocycles. The Morgan fingerprint density at radius 3 is 2.78 bits per heavy atom. The summed E-state index contributed by atoms with van der Waals surface area (Å²) in [5, 5.41) is 9.89. The molecule has 1 aromatic rings. The molecule has 1 aliphatic carbocycles. The monoisotopic (exact) mass is 318 g/mol. The number of rotatable bonds is 5. The largest absolute Gasteiger partial charge is 0.481 e. The summed E-state index contributed by atoms with van der Waals surface area (Å²) in [5.41, 5.74) is -0.744. The average molecular weight is 318 g/mol. The second-order valence-corrected chi connectivity index (χ2v) is 6.86. The number of carboxylic acids is 1. The van der Waals surface area contributed by atoms with E-state index >= 15 is 0 Å². The predicted octanol–water partition coefficient (Wildman–Crippen LogP) is 2.64. The Balaban J connectivity index is 1.77. The molecule has 0 amide bonds. The van der Waals surface area contributed by atoms with E-state index in [4.69, 9.17) is 9.47 Å². The number of cyclic esters (lactones) is 1. The molecule has 23 heavy (non-hydrogen) atoms. The van der Waals surface area contributed by atoms with Gasteiger partial charge in [-0.3, -0.25) is 9.59 Å². The highest BCUT2D eigenvalue weighted by atomic mass is 16.5. The van der Waals surface area contributed by atoms with Gasteiger partial charge in [0, 0.05) is 5.92 Å². The zero-order valence-corrected chi connectivity index (χ0v) is 13.3. The summed E-state index contributed by atoms with van der Waals surface area (Å²) >= 11 is 0. The van der Waals surface area contributed by atoms with Gasteiger partial charge >= 0.3 is 11.9 Å². The lowest BCUT2D eigenvalue weighted by Gasteiger charge is -2.44. The first kappa shape index (κ1) is 16.0. The first-order valence-electron chi connectivity index (χ1n) is 8.01. The van der Waals surface area contributed by atoms with E-state index in [9.17, 15) is 14.7 Å². The zero-order valence-electron chi connectivity index (χ0n) is 13.3. The minimum atomic E-state index is -1.05. The van der Waals surface area contributed by atoms with Crippen LogP contribution in [0.3, 0.4) is 0 Å². The molecule has 5 nitrogen and oxygen atoms in total. The van der Waals surface area contributed by atoms with Crippen molar-refractivity contribution >= 4 is 11.9 Å². The van der Waals surface area contributed by atoms with Gasteiger partial charge in [0.25, 0.3) is 0 Å². The van der Waals surface area contributed by atoms with E-state index in [2.05, 4.69) is 0 Å². The number of carboxylic acid groups (broad SMARTS) is 1. The quantitative estimate of drug-likeness (QED) is 0.845. The van der Waals surface area contributed by atoms with E-state index in [1.807, 2.05) is 37.3 Å². The van der Waals surface area contributed by atoms with Gasteiger partial charge in [0.1, 0.15) is 0 Å². The third-order valence-electron chi connectivity index (χ3n) is 5.50. The van der Waals surface area contributed by atoms with Crippen LogP contribution in [0.1, 0.15) is 31.7 Å². The lowest BCUT2D eigenvalue weighted by atomic mass is 9.56. The Morgan fingerprint density at radius 2 is 2.09 bits per heavy atom. The smallest absolute Gasteiger partial charge is 0.312 e. The van der Waals surface area contributed by atoms with Gasteiger partial charge in [0.05, 0.1) is 30.7 Å². The van der Waals surface area contributed by atoms with E-state index in [-0.39, 0.29) is 25.1 Å². The van der Waals surface area contributed by atoms with Gasteiger partial charge in [-0.2, -0.15) is 0 Å². The molecule has 1 heterocycles. The molecule has 1 aromatic carbocycles. The van der Waals surface area contributed by atoms with Crippen LogP contribution in [0, 0.1) is 16.7 Å². The maximum atomic E-state index is 12.1. The number of ether oxygens (including phenoxy) is 2. The van der Waals surface area contributed by atoms with Crippen LogP contribution in [0.25, 0.3) is 0 Å². The Labute approximate surface area is 135 Å². The van der Waals surface area contributed by atoms with Crippen LogP contribution in [-0.2, 0) is 25.7 Å². The number of hydrogen-bond acceptors (Lipinski definition) is 4. The summed E-state index contributed by atoms with van der Waals surface area (Å²) in [6, 6.07) is 9.66. The summed E-state index contributed by atoms with van der Waals surface area (Å²) < 4.78 is 11.0. The van der Waals surface area contributed by atoms with Crippen molar-refractivity contribution in [3.8, 4) is 0 Å². The highest BCUT2D eigenvalue weighted by Gasteiger charge is 2.63. The van der Waals surface area contributed by atoms with Crippen molar-refractivity contribution in [2.24, 2.45) is 16.7 Å². The Hall–Kier alpha value is -1.88. The number of carbonyl (C=O) groups excluding carboxylic acids is 1. The lowest BCUT2D eigenvalue weighted by molar-refractivity contribution is -0.168. The maximum absolute atomic E-state index is 12.1. The number of benzene rings is 1. The standard InChI is InChI=1S/C18H22O5/c1-17-8-5-9-18(15(19)20,14(17)11-23-16(17)21)12-22-10-13-6-3-2-4-7-13/h2-4,6-7,14H,5,8-12H2,1H3,(H,19,20)/t14-,17-,18+/m1/s1. The minimum absolute atomic E-state index is 0.105. The van der Waals surface area contributed by atoms with Crippen molar-refractivity contribution in [2.75, 3.05) is 13.2 Å². The highest BCUT2D eigenvalue weighted by Crippen LogP contribution is 2.55. The third-order valence-corrected chi connectivity index (χ3v) is 5.50. The Kier molecular flexibility index (Phi) is 4.15. The van der Waals surface area contributed by atoms with Crippen LogP contribution in [0.5, 0.6) is 0 Å². The normalized spacial score (nSPS) is 33.1. The van der Waals surface area contributed by atoms with Crippen molar-refractivity contribution in [3.63, 3.8) is 0 Å². The molecular weight excluding hydrogens is 296 g/mol. The summed E-state index contributed by atoms with van der Waals surface area (Å²) in [6.45, 7) is 2.49. The van der Waals surface area contributed by atoms with Gasteiger partial charge in [-0.1, -0.05) is 36.8 Å². The molecule has 1 saturated heterocycles. The van der Waals surface area contributed by atoms with Crippen LogP contribution in [0.4, 0.5) is 0 Å². The molecule has 1 aliphatic heterocycles. The van der Waals surface area contributed by atoms with Crippen molar-refractivity contribution in [1.82, 2.24) is 0 Å². The molecule has 5 heteroatoms. The zero-order chi connectivity index (χ0) is 16.5. The van der Waals surface area contributed by atoms with Gasteiger partial charge in [0.2, 0.25) is 0 Å². The fourth-order valence-corrected chi connectivity index (χ4v) is 4.06. The van der Waals surface area contributed by atoms with Crippen molar-refractivity contribution in [3.05, 3.63) is 35.9 Å². The summed E-state index contributed by atoms with van der Waals surface area (Å²) in [5.74, 6) is -1.49. The summed E-state index contributed by atoms with van der Waals surface area (Å²) in [4.78, 5) is 24.1. The molecule has 0 spiro atoms. The molecule has 2 aliphatic rings. The molecular formula is C18H22O5. The number of esters is 1. The number of fused-ring (bicyclic) bond motifs is 1. The number of aliphatic carboxylic acids is 1. The predicted molar refractivity (Wildman–Crippen MR) is 82.6 cm³/mol. The molecule has 0 radical (unpaired) electrons. The average Bonchev–Trinajstić information content (AvgIpc) is 2.84. The van der Waals surface area contributed by atoms with Gasteiger partial charge < -0.3 is 14.6 Å². The van der Waals surface area contributed by atoms with Gasteiger partial charge in [-0.25, -0.2) is 0 Å². The van der Waals surface area contributed by atoms with Crippen molar-refractivity contribution in [2.45, 2.75) is 32.8 Å². The van der Waals surface area contributed by atoms with Crippen molar-refractivity contribution < 1.29 is 24.2 Å². The van der Waals surface area contributed by atoms with E-state index in [0.29, 0.717) is 25.9 Å². The highest BCUT2D eigenvalue weighted by molar-refractivity contribution is 5.83. The number of hydrogen-bond donors (Lipinski definition) is 1. The Morgan fingerprint density at radius 1 is 1.35 bits per heavy atom. The van der Waals surface area contributed by atoms with Crippen LogP contribution in [0.15, 0.2) is 30.3 Å². The molecule has 3 atom stereocenters. The topological polar surface area (TPSA) is 72.8 Å². The molecule has 0 bridgehead atoms. The van der Waals surface area contributed by atoms with Gasteiger partial charge in [-0.05, 0) is 25.3 Å². The molecule has 1 saturated carbocycles. The first-order valence-corrected chi connectivity index (χ1v) is 8.01. The second-order valence-electron chi connectivity index (χ2n) is 6.86. The van der Waals surface area contributed by atoms with Crippen LogP contribution >= 0.6 is 0 Å². The third kappa shape index (κ3) is 2.63. The lowest BCUT2D eigenvalue weighted by Crippen LogP contribution is -2.52. The van der Waals surface area contributed by atoms with Crippen LogP contribution < -0.4 is 0 Å². The van der Waals surface area contributed by atoms with Gasteiger partial charge in [-0.15, -0.1) is 0 Å². The molecule has 1 N–H and O–H groups in total. The first-order chi connectivity index (χ1) is 11.0. The van der Waals surface area contributed by atoms with Gasteiger partial charge in [0.15, 0.2) is 0 Å². The molecule has 3 rings (SSSR count). The van der Waals surface area contributed by atoms with Crippen LogP contribution in [-0.4, -0.2) is 30.3 Å². The summed E-state index contributed by atoms with van der Waals surface area (Å²) in [7, 11) is 0. The van der Waals surface area contributed by atoms with Crippen molar-refractivity contribution in [1.29, 1.82) is 0 Å².